The molecule has 2 rings (SSSR count). The van der Waals surface area contributed by atoms with Gasteiger partial charge in [-0.15, -0.1) is 0 Å². The van der Waals surface area contributed by atoms with Crippen LogP contribution in [0, 0.1) is 0 Å². The number of ketones is 1. The minimum absolute atomic E-state index is 0.00227. The maximum absolute atomic E-state index is 12.7. The number of esters is 2. The molecule has 0 unspecified atom stereocenters. The van der Waals surface area contributed by atoms with E-state index < -0.39 is 11.9 Å². The maximum Gasteiger partial charge on any atom is 0.338 e. The van der Waals surface area contributed by atoms with Gasteiger partial charge in [0.2, 0.25) is 0 Å². The molecule has 146 valence electrons. The zero-order chi connectivity index (χ0) is 20.4. The fraction of sp³-hybridized carbons (Fsp3) is 0.190. The Morgan fingerprint density at radius 2 is 1.46 bits per heavy atom. The van der Waals surface area contributed by atoms with Gasteiger partial charge in [-0.2, -0.15) is 0 Å². The number of hydrogen-bond donors (Lipinski definition) is 0. The van der Waals surface area contributed by atoms with Gasteiger partial charge in [0.25, 0.3) is 0 Å². The number of carbonyl (C=O) groups excluding carboxylic acids is 3. The van der Waals surface area contributed by atoms with Crippen LogP contribution in [0.5, 0.6) is 0 Å². The van der Waals surface area contributed by atoms with E-state index in [-0.39, 0.29) is 43.3 Å². The summed E-state index contributed by atoms with van der Waals surface area (Å²) in [5, 5.41) is 0.517. The lowest BCUT2D eigenvalue weighted by Crippen LogP contribution is -2.16. The van der Waals surface area contributed by atoms with E-state index in [4.69, 9.17) is 25.8 Å². The minimum Gasteiger partial charge on any atom is -0.460 e. The highest BCUT2D eigenvalue weighted by molar-refractivity contribution is 6.30. The van der Waals surface area contributed by atoms with Crippen molar-refractivity contribution in [2.45, 2.75) is 0 Å². The standard InChI is InChI=1S/C21H19ClO6/c1-2-19(23)27-13-11-26-12-14-28-21(25)18-6-4-3-5-17(18)20(24)15-7-9-16(22)10-8-15/h2-10H,1,11-14H2. The first-order chi connectivity index (χ1) is 13.5. The third-order valence-corrected chi connectivity index (χ3v) is 3.85. The van der Waals surface area contributed by atoms with Gasteiger partial charge in [0.05, 0.1) is 18.8 Å². The van der Waals surface area contributed by atoms with Crippen molar-refractivity contribution in [3.63, 3.8) is 0 Å². The molecule has 7 heteroatoms. The van der Waals surface area contributed by atoms with E-state index in [2.05, 4.69) is 6.58 Å². The van der Waals surface area contributed by atoms with Crippen LogP contribution in [-0.2, 0) is 19.0 Å². The fourth-order valence-corrected chi connectivity index (χ4v) is 2.38. The molecule has 0 saturated carbocycles. The number of ether oxygens (including phenoxy) is 3. The summed E-state index contributed by atoms with van der Waals surface area (Å²) in [6.07, 6.45) is 1.06. The maximum atomic E-state index is 12.7. The Morgan fingerprint density at radius 1 is 0.857 bits per heavy atom. The van der Waals surface area contributed by atoms with Crippen LogP contribution in [0.2, 0.25) is 5.02 Å². The van der Waals surface area contributed by atoms with E-state index in [9.17, 15) is 14.4 Å². The minimum atomic E-state index is -0.625. The molecule has 0 saturated heterocycles. The van der Waals surface area contributed by atoms with Crippen molar-refractivity contribution in [2.75, 3.05) is 26.4 Å². The van der Waals surface area contributed by atoms with E-state index >= 15 is 0 Å². The van der Waals surface area contributed by atoms with Gasteiger partial charge in [0, 0.05) is 22.2 Å². The SMILES string of the molecule is C=CC(=O)OCCOCCOC(=O)c1ccccc1C(=O)c1ccc(Cl)cc1. The van der Waals surface area contributed by atoms with E-state index in [1.165, 1.54) is 6.07 Å². The second-order valence-electron chi connectivity index (χ2n) is 5.50. The second-order valence-corrected chi connectivity index (χ2v) is 5.94. The molecule has 2 aromatic carbocycles. The Morgan fingerprint density at radius 3 is 2.11 bits per heavy atom. The van der Waals surface area contributed by atoms with Gasteiger partial charge in [-0.3, -0.25) is 4.79 Å². The summed E-state index contributed by atoms with van der Waals surface area (Å²) in [5.41, 5.74) is 0.830. The molecule has 0 fully saturated rings. The molecule has 28 heavy (non-hydrogen) atoms. The normalized spacial score (nSPS) is 10.2. The van der Waals surface area contributed by atoms with Crippen molar-refractivity contribution in [2.24, 2.45) is 0 Å². The number of carbonyl (C=O) groups is 3. The van der Waals surface area contributed by atoms with Crippen molar-refractivity contribution in [1.29, 1.82) is 0 Å². The Kier molecular flexibility index (Phi) is 8.39. The van der Waals surface area contributed by atoms with Crippen LogP contribution in [0.15, 0.2) is 61.2 Å². The van der Waals surface area contributed by atoms with Gasteiger partial charge >= 0.3 is 11.9 Å². The molecule has 0 bridgehead atoms. The van der Waals surface area contributed by atoms with Crippen LogP contribution in [0.3, 0.4) is 0 Å². The van der Waals surface area contributed by atoms with Crippen molar-refractivity contribution < 1.29 is 28.6 Å². The summed E-state index contributed by atoms with van der Waals surface area (Å²) < 4.78 is 15.1. The lowest BCUT2D eigenvalue weighted by Gasteiger charge is -2.10. The highest BCUT2D eigenvalue weighted by atomic mass is 35.5. The number of halogens is 1. The molecule has 2 aromatic rings. The smallest absolute Gasteiger partial charge is 0.338 e. The lowest BCUT2D eigenvalue weighted by molar-refractivity contribution is -0.139. The number of hydrogen-bond acceptors (Lipinski definition) is 6. The highest BCUT2D eigenvalue weighted by Gasteiger charge is 2.19. The molecule has 0 aromatic heterocycles. The Bertz CT molecular complexity index is 844. The summed E-state index contributed by atoms with van der Waals surface area (Å²) >= 11 is 5.84. The predicted octanol–water partition coefficient (Wildman–Crippen LogP) is 3.47. The first-order valence-electron chi connectivity index (χ1n) is 8.46. The average Bonchev–Trinajstić information content (AvgIpc) is 2.72. The molecule has 0 aliphatic carbocycles. The van der Waals surface area contributed by atoms with Gasteiger partial charge in [-0.25, -0.2) is 9.59 Å². The Hall–Kier alpha value is -2.96. The van der Waals surface area contributed by atoms with Gasteiger partial charge < -0.3 is 14.2 Å². The predicted molar refractivity (Wildman–Crippen MR) is 104 cm³/mol. The van der Waals surface area contributed by atoms with Crippen LogP contribution in [0.25, 0.3) is 0 Å². The number of benzene rings is 2. The topological polar surface area (TPSA) is 78.9 Å². The molecule has 0 aliphatic rings. The zero-order valence-electron chi connectivity index (χ0n) is 15.1. The van der Waals surface area contributed by atoms with Crippen molar-refractivity contribution in [3.8, 4) is 0 Å². The van der Waals surface area contributed by atoms with Gasteiger partial charge in [0.1, 0.15) is 13.2 Å². The quantitative estimate of drug-likeness (QED) is 0.262. The molecule has 0 radical (unpaired) electrons. The summed E-state index contributed by atoms with van der Waals surface area (Å²) in [5.74, 6) is -1.46. The van der Waals surface area contributed by atoms with E-state index in [1.54, 1.807) is 42.5 Å². The summed E-state index contributed by atoms with van der Waals surface area (Å²) in [7, 11) is 0. The van der Waals surface area contributed by atoms with Crippen LogP contribution in [0.1, 0.15) is 26.3 Å². The zero-order valence-corrected chi connectivity index (χ0v) is 15.8. The van der Waals surface area contributed by atoms with E-state index in [0.29, 0.717) is 10.6 Å². The second kappa shape index (κ2) is 11.0. The summed E-state index contributed by atoms with van der Waals surface area (Å²) in [6, 6.07) is 12.8. The molecule has 0 atom stereocenters. The monoisotopic (exact) mass is 402 g/mol. The molecule has 0 N–H and O–H groups in total. The molecule has 0 spiro atoms. The van der Waals surface area contributed by atoms with E-state index in [1.807, 2.05) is 0 Å². The number of rotatable bonds is 10. The molecule has 0 heterocycles. The lowest BCUT2D eigenvalue weighted by atomic mass is 9.98. The van der Waals surface area contributed by atoms with Crippen molar-refractivity contribution >= 4 is 29.3 Å². The van der Waals surface area contributed by atoms with Gasteiger partial charge in [0.15, 0.2) is 5.78 Å². The largest absolute Gasteiger partial charge is 0.460 e. The van der Waals surface area contributed by atoms with Crippen LogP contribution < -0.4 is 0 Å². The van der Waals surface area contributed by atoms with E-state index in [0.717, 1.165) is 6.08 Å². The van der Waals surface area contributed by atoms with Gasteiger partial charge in [-0.05, 0) is 30.3 Å². The molecule has 0 aliphatic heterocycles. The van der Waals surface area contributed by atoms with Gasteiger partial charge in [-0.1, -0.05) is 36.4 Å². The highest BCUT2D eigenvalue weighted by Crippen LogP contribution is 2.17. The van der Waals surface area contributed by atoms with Crippen LogP contribution >= 0.6 is 11.6 Å². The molecular formula is C21H19ClO6. The van der Waals surface area contributed by atoms with Crippen molar-refractivity contribution in [3.05, 3.63) is 82.9 Å². The first-order valence-corrected chi connectivity index (χ1v) is 8.84. The summed E-state index contributed by atoms with van der Waals surface area (Å²) in [4.78, 5) is 35.9. The van der Waals surface area contributed by atoms with Crippen LogP contribution in [-0.4, -0.2) is 44.1 Å². The fourth-order valence-electron chi connectivity index (χ4n) is 2.25. The third-order valence-electron chi connectivity index (χ3n) is 3.60. The Labute approximate surface area is 167 Å². The molecule has 6 nitrogen and oxygen atoms in total. The molecular weight excluding hydrogens is 384 g/mol. The average molecular weight is 403 g/mol. The first kappa shape index (κ1) is 21.3. The summed E-state index contributed by atoms with van der Waals surface area (Å²) in [6.45, 7) is 3.65. The Balaban J connectivity index is 1.88. The third kappa shape index (κ3) is 6.33. The molecule has 0 amide bonds. The van der Waals surface area contributed by atoms with Crippen molar-refractivity contribution in [1.82, 2.24) is 0 Å². The van der Waals surface area contributed by atoms with Crippen LogP contribution in [0.4, 0.5) is 0 Å².